The van der Waals surface area contributed by atoms with Crippen LogP contribution in [0, 0.1) is 0 Å². The molecule has 1 aromatic carbocycles. The van der Waals surface area contributed by atoms with Crippen LogP contribution >= 0.6 is 0 Å². The summed E-state index contributed by atoms with van der Waals surface area (Å²) in [6.45, 7) is 4.80. The van der Waals surface area contributed by atoms with Crippen molar-refractivity contribution in [3.8, 4) is 5.75 Å². The van der Waals surface area contributed by atoms with Gasteiger partial charge in [-0.3, -0.25) is 9.69 Å². The number of carbonyl (C=O) groups is 1. The Balaban J connectivity index is 1.41. The van der Waals surface area contributed by atoms with Crippen LogP contribution < -0.4 is 0 Å². The molecule has 3 aliphatic heterocycles. The van der Waals surface area contributed by atoms with Gasteiger partial charge in [-0.05, 0) is 75.8 Å². The zero-order chi connectivity index (χ0) is 18.0. The van der Waals surface area contributed by atoms with Gasteiger partial charge < -0.3 is 14.7 Å². The second-order valence-electron chi connectivity index (χ2n) is 8.10. The van der Waals surface area contributed by atoms with Gasteiger partial charge in [0, 0.05) is 37.3 Å². The minimum absolute atomic E-state index is 0.0886. The van der Waals surface area contributed by atoms with Gasteiger partial charge in [-0.15, -0.1) is 0 Å². The van der Waals surface area contributed by atoms with Crippen LogP contribution in [0.3, 0.4) is 0 Å². The Kier molecular flexibility index (Phi) is 5.18. The van der Waals surface area contributed by atoms with E-state index in [9.17, 15) is 9.90 Å². The van der Waals surface area contributed by atoms with E-state index < -0.39 is 0 Å². The Morgan fingerprint density at radius 2 is 1.85 bits per heavy atom. The van der Waals surface area contributed by atoms with Gasteiger partial charge in [-0.25, -0.2) is 0 Å². The highest BCUT2D eigenvalue weighted by Gasteiger charge is 2.43. The predicted molar refractivity (Wildman–Crippen MR) is 100 cm³/mol. The summed E-state index contributed by atoms with van der Waals surface area (Å²) in [7, 11) is 0. The quantitative estimate of drug-likeness (QED) is 0.902. The molecule has 3 saturated heterocycles. The maximum absolute atomic E-state index is 12.8. The second-order valence-corrected chi connectivity index (χ2v) is 8.10. The molecule has 3 heterocycles. The molecule has 3 fully saturated rings. The average molecular weight is 358 g/mol. The number of hydrogen-bond donors (Lipinski definition) is 1. The third-order valence-corrected chi connectivity index (χ3v) is 6.51. The summed E-state index contributed by atoms with van der Waals surface area (Å²) < 4.78 is 5.88. The van der Waals surface area contributed by atoms with Gasteiger partial charge in [-0.2, -0.15) is 0 Å². The van der Waals surface area contributed by atoms with E-state index in [1.54, 1.807) is 24.3 Å². The van der Waals surface area contributed by atoms with Gasteiger partial charge >= 0.3 is 0 Å². The molecule has 0 radical (unpaired) electrons. The number of nitrogens with zero attached hydrogens (tertiary/aromatic N) is 2. The average Bonchev–Trinajstić information content (AvgIpc) is 3.23. The lowest BCUT2D eigenvalue weighted by Crippen LogP contribution is -2.47. The fourth-order valence-corrected chi connectivity index (χ4v) is 5.05. The number of hydrogen-bond acceptors (Lipinski definition) is 4. The highest BCUT2D eigenvalue weighted by Crippen LogP contribution is 2.39. The number of likely N-dealkylation sites (tertiary alicyclic amines) is 2. The zero-order valence-electron chi connectivity index (χ0n) is 15.5. The van der Waals surface area contributed by atoms with Crippen LogP contribution in [-0.4, -0.2) is 65.2 Å². The third kappa shape index (κ3) is 3.60. The van der Waals surface area contributed by atoms with E-state index >= 15 is 0 Å². The van der Waals surface area contributed by atoms with Gasteiger partial charge in [-0.1, -0.05) is 0 Å². The molecular weight excluding hydrogens is 328 g/mol. The first-order valence-corrected chi connectivity index (χ1v) is 10.1. The SMILES string of the molecule is O=C(c1ccc(O)cc1)N1CCC[C@]2(CCCN2C[C@@H]2CCCO2)CC1. The van der Waals surface area contributed by atoms with Gasteiger partial charge in [0.05, 0.1) is 6.10 Å². The second kappa shape index (κ2) is 7.57. The van der Waals surface area contributed by atoms with Crippen LogP contribution in [0.1, 0.15) is 55.3 Å². The van der Waals surface area contributed by atoms with Crippen molar-refractivity contribution in [1.82, 2.24) is 9.80 Å². The van der Waals surface area contributed by atoms with Gasteiger partial charge in [0.1, 0.15) is 5.75 Å². The summed E-state index contributed by atoms with van der Waals surface area (Å²) in [4.78, 5) is 17.5. The molecule has 142 valence electrons. The van der Waals surface area contributed by atoms with Crippen molar-refractivity contribution in [2.45, 2.75) is 56.6 Å². The maximum Gasteiger partial charge on any atom is 0.253 e. The first-order valence-electron chi connectivity index (χ1n) is 10.1. The van der Waals surface area contributed by atoms with E-state index in [1.165, 1.54) is 38.6 Å². The Hall–Kier alpha value is -1.59. The molecule has 3 aliphatic rings. The third-order valence-electron chi connectivity index (χ3n) is 6.51. The minimum Gasteiger partial charge on any atom is -0.508 e. The van der Waals surface area contributed by atoms with Gasteiger partial charge in [0.25, 0.3) is 5.91 Å². The van der Waals surface area contributed by atoms with Crippen LogP contribution in [0.4, 0.5) is 0 Å². The topological polar surface area (TPSA) is 53.0 Å². The van der Waals surface area contributed by atoms with Crippen molar-refractivity contribution in [2.75, 3.05) is 32.8 Å². The number of benzene rings is 1. The lowest BCUT2D eigenvalue weighted by atomic mass is 9.87. The van der Waals surface area contributed by atoms with Crippen molar-refractivity contribution in [3.63, 3.8) is 0 Å². The molecule has 26 heavy (non-hydrogen) atoms. The van der Waals surface area contributed by atoms with Crippen molar-refractivity contribution in [3.05, 3.63) is 29.8 Å². The number of phenols is 1. The molecule has 1 spiro atoms. The van der Waals surface area contributed by atoms with E-state index in [4.69, 9.17) is 4.74 Å². The first kappa shape index (κ1) is 17.8. The summed E-state index contributed by atoms with van der Waals surface area (Å²) in [6.07, 6.45) is 8.61. The predicted octanol–water partition coefficient (Wildman–Crippen LogP) is 3.03. The highest BCUT2D eigenvalue weighted by atomic mass is 16.5. The van der Waals surface area contributed by atoms with Gasteiger partial charge in [0.2, 0.25) is 0 Å². The molecule has 0 saturated carbocycles. The molecule has 1 amide bonds. The summed E-state index contributed by atoms with van der Waals surface area (Å²) in [5.74, 6) is 0.290. The number of amides is 1. The van der Waals surface area contributed by atoms with E-state index in [0.717, 1.165) is 39.1 Å². The molecule has 0 bridgehead atoms. The summed E-state index contributed by atoms with van der Waals surface area (Å²) >= 11 is 0. The fraction of sp³-hybridized carbons (Fsp3) is 0.667. The molecule has 0 unspecified atom stereocenters. The van der Waals surface area contributed by atoms with Crippen molar-refractivity contribution in [1.29, 1.82) is 0 Å². The lowest BCUT2D eigenvalue weighted by molar-refractivity contribution is 0.0339. The molecule has 0 aliphatic carbocycles. The molecule has 0 aromatic heterocycles. The fourth-order valence-electron chi connectivity index (χ4n) is 5.05. The molecular formula is C21H30N2O3. The molecule has 4 rings (SSSR count). The number of rotatable bonds is 3. The Morgan fingerprint density at radius 1 is 1.08 bits per heavy atom. The highest BCUT2D eigenvalue weighted by molar-refractivity contribution is 5.94. The van der Waals surface area contributed by atoms with Crippen molar-refractivity contribution >= 4 is 5.91 Å². The number of aromatic hydroxyl groups is 1. The smallest absolute Gasteiger partial charge is 0.253 e. The number of phenolic OH excluding ortho intramolecular Hbond substituents is 1. The molecule has 5 nitrogen and oxygen atoms in total. The van der Waals surface area contributed by atoms with Crippen LogP contribution in [0.5, 0.6) is 5.75 Å². The Bertz CT molecular complexity index is 627. The van der Waals surface area contributed by atoms with Crippen LogP contribution in [0.15, 0.2) is 24.3 Å². The maximum atomic E-state index is 12.8. The number of carbonyl (C=O) groups excluding carboxylic acids is 1. The standard InChI is InChI=1S/C21H30N2O3/c24-18-7-5-17(6-8-18)20(25)22-12-2-9-21(11-14-22)10-3-13-23(21)16-19-4-1-15-26-19/h5-8,19,24H,1-4,9-16H2/t19-,21-/m0/s1. The van der Waals surface area contributed by atoms with Crippen LogP contribution in [-0.2, 0) is 4.74 Å². The van der Waals surface area contributed by atoms with Crippen molar-refractivity contribution in [2.24, 2.45) is 0 Å². The lowest BCUT2D eigenvalue weighted by Gasteiger charge is -2.39. The first-order chi connectivity index (χ1) is 12.7. The molecule has 1 aromatic rings. The monoisotopic (exact) mass is 358 g/mol. The van der Waals surface area contributed by atoms with Crippen LogP contribution in [0.2, 0.25) is 0 Å². The summed E-state index contributed by atoms with van der Waals surface area (Å²) in [6, 6.07) is 6.62. The number of ether oxygens (including phenoxy) is 1. The summed E-state index contributed by atoms with van der Waals surface area (Å²) in [5, 5.41) is 9.44. The Morgan fingerprint density at radius 3 is 2.58 bits per heavy atom. The Labute approximate surface area is 155 Å². The molecule has 1 N–H and O–H groups in total. The van der Waals surface area contributed by atoms with Gasteiger partial charge in [0.15, 0.2) is 0 Å². The summed E-state index contributed by atoms with van der Waals surface area (Å²) in [5.41, 5.74) is 0.928. The molecule has 5 heteroatoms. The normalized spacial score (nSPS) is 30.0. The van der Waals surface area contributed by atoms with E-state index in [0.29, 0.717) is 11.7 Å². The zero-order valence-corrected chi connectivity index (χ0v) is 15.5. The minimum atomic E-state index is 0.0886. The molecule has 2 atom stereocenters. The largest absolute Gasteiger partial charge is 0.508 e. The van der Waals surface area contributed by atoms with E-state index in [-0.39, 0.29) is 17.2 Å². The van der Waals surface area contributed by atoms with E-state index in [2.05, 4.69) is 4.90 Å². The van der Waals surface area contributed by atoms with E-state index in [1.807, 2.05) is 4.90 Å². The van der Waals surface area contributed by atoms with Crippen molar-refractivity contribution < 1.29 is 14.6 Å². The van der Waals surface area contributed by atoms with Crippen LogP contribution in [0.25, 0.3) is 0 Å².